The third kappa shape index (κ3) is 4.50. The van der Waals surface area contributed by atoms with Crippen LogP contribution in [0.25, 0.3) is 0 Å². The first-order valence-corrected chi connectivity index (χ1v) is 7.94. The zero-order chi connectivity index (χ0) is 15.2. The normalized spacial score (nSPS) is 22.2. The topological polar surface area (TPSA) is 38.5 Å². The number of nitrogens with zero attached hydrogens (tertiary/aromatic N) is 1. The quantitative estimate of drug-likeness (QED) is 0.876. The minimum atomic E-state index is -0.205. The van der Waals surface area contributed by atoms with Crippen molar-refractivity contribution in [1.29, 1.82) is 0 Å². The Bertz CT molecular complexity index is 435. The van der Waals surface area contributed by atoms with Crippen molar-refractivity contribution in [3.63, 3.8) is 0 Å². The highest BCUT2D eigenvalue weighted by Gasteiger charge is 2.26. The van der Waals surface area contributed by atoms with E-state index < -0.39 is 0 Å². The maximum atomic E-state index is 13.5. The molecule has 2 rings (SSSR count). The van der Waals surface area contributed by atoms with E-state index >= 15 is 0 Å². The lowest BCUT2D eigenvalue weighted by Gasteiger charge is -2.36. The third-order valence-electron chi connectivity index (χ3n) is 4.31. The summed E-state index contributed by atoms with van der Waals surface area (Å²) in [6, 6.07) is 6.80. The van der Waals surface area contributed by atoms with Crippen molar-refractivity contribution in [3.05, 3.63) is 35.6 Å². The predicted molar refractivity (Wildman–Crippen MR) is 83.6 cm³/mol. The van der Waals surface area contributed by atoms with Crippen LogP contribution in [0, 0.1) is 5.82 Å². The summed E-state index contributed by atoms with van der Waals surface area (Å²) in [6.07, 6.45) is 4.60. The van der Waals surface area contributed by atoms with Gasteiger partial charge in [0.25, 0.3) is 0 Å². The molecular formula is C17H27FN2O. The number of benzene rings is 1. The summed E-state index contributed by atoms with van der Waals surface area (Å²) in [5, 5.41) is 0. The number of rotatable bonds is 6. The van der Waals surface area contributed by atoms with E-state index in [2.05, 4.69) is 18.9 Å². The van der Waals surface area contributed by atoms with E-state index in [1.807, 2.05) is 6.07 Å². The van der Waals surface area contributed by atoms with Gasteiger partial charge < -0.3 is 10.5 Å². The van der Waals surface area contributed by atoms with Crippen molar-refractivity contribution < 1.29 is 9.13 Å². The Labute approximate surface area is 127 Å². The molecule has 3 unspecified atom stereocenters. The van der Waals surface area contributed by atoms with E-state index in [-0.39, 0.29) is 24.0 Å². The zero-order valence-corrected chi connectivity index (χ0v) is 13.1. The Morgan fingerprint density at radius 2 is 2.24 bits per heavy atom. The van der Waals surface area contributed by atoms with Gasteiger partial charge >= 0.3 is 0 Å². The molecular weight excluding hydrogens is 267 g/mol. The van der Waals surface area contributed by atoms with Crippen LogP contribution < -0.4 is 5.73 Å². The van der Waals surface area contributed by atoms with Crippen molar-refractivity contribution in [2.75, 3.05) is 20.2 Å². The minimum absolute atomic E-state index is 0.0135. The summed E-state index contributed by atoms with van der Waals surface area (Å²) < 4.78 is 19.3. The smallest absolute Gasteiger partial charge is 0.123 e. The van der Waals surface area contributed by atoms with Crippen LogP contribution in [0.4, 0.5) is 4.39 Å². The van der Waals surface area contributed by atoms with Gasteiger partial charge in [0.05, 0.1) is 6.10 Å². The Kier molecular flexibility index (Phi) is 6.15. The van der Waals surface area contributed by atoms with Crippen LogP contribution >= 0.6 is 0 Å². The van der Waals surface area contributed by atoms with Gasteiger partial charge in [-0.1, -0.05) is 19.1 Å². The summed E-state index contributed by atoms with van der Waals surface area (Å²) in [7, 11) is 2.06. The molecule has 1 fully saturated rings. The second-order valence-electron chi connectivity index (χ2n) is 6.00. The van der Waals surface area contributed by atoms with Gasteiger partial charge in [-0.3, -0.25) is 4.90 Å². The van der Waals surface area contributed by atoms with Gasteiger partial charge in [0.15, 0.2) is 0 Å². The SMILES string of the molecule is CCC(N)C(c1cccc(F)c1)N(C)CC1CCCCO1. The van der Waals surface area contributed by atoms with Crippen LogP contribution in [0.1, 0.15) is 44.2 Å². The Morgan fingerprint density at radius 1 is 1.43 bits per heavy atom. The van der Waals surface area contributed by atoms with Crippen molar-refractivity contribution >= 4 is 0 Å². The summed E-state index contributed by atoms with van der Waals surface area (Å²) in [5.74, 6) is -0.205. The molecule has 0 radical (unpaired) electrons. The maximum Gasteiger partial charge on any atom is 0.123 e. The first-order valence-electron chi connectivity index (χ1n) is 7.94. The molecule has 1 heterocycles. The number of ether oxygens (including phenoxy) is 1. The van der Waals surface area contributed by atoms with E-state index in [4.69, 9.17) is 10.5 Å². The fraction of sp³-hybridized carbons (Fsp3) is 0.647. The average Bonchev–Trinajstić information content (AvgIpc) is 2.48. The molecule has 1 aromatic rings. The highest BCUT2D eigenvalue weighted by atomic mass is 19.1. The van der Waals surface area contributed by atoms with Gasteiger partial charge in [-0.05, 0) is 50.4 Å². The first-order chi connectivity index (χ1) is 10.1. The van der Waals surface area contributed by atoms with Crippen molar-refractivity contribution in [1.82, 2.24) is 4.90 Å². The lowest BCUT2D eigenvalue weighted by molar-refractivity contribution is -0.0104. The van der Waals surface area contributed by atoms with Gasteiger partial charge in [-0.15, -0.1) is 0 Å². The Morgan fingerprint density at radius 3 is 2.86 bits per heavy atom. The average molecular weight is 294 g/mol. The maximum absolute atomic E-state index is 13.5. The molecule has 0 aromatic heterocycles. The molecule has 21 heavy (non-hydrogen) atoms. The number of halogens is 1. The third-order valence-corrected chi connectivity index (χ3v) is 4.31. The standard InChI is InChI=1S/C17H27FN2O/c1-3-16(19)17(13-7-6-8-14(18)11-13)20(2)12-15-9-4-5-10-21-15/h6-8,11,15-17H,3-5,9-10,12,19H2,1-2H3. The lowest BCUT2D eigenvalue weighted by atomic mass is 9.96. The van der Waals surface area contributed by atoms with Gasteiger partial charge in [0.1, 0.15) is 5.82 Å². The summed E-state index contributed by atoms with van der Waals surface area (Å²) in [4.78, 5) is 2.22. The van der Waals surface area contributed by atoms with Crippen molar-refractivity contribution in [3.8, 4) is 0 Å². The van der Waals surface area contributed by atoms with E-state index in [1.165, 1.54) is 12.5 Å². The molecule has 1 saturated heterocycles. The highest BCUT2D eigenvalue weighted by molar-refractivity contribution is 5.22. The van der Waals surface area contributed by atoms with E-state index in [1.54, 1.807) is 12.1 Å². The molecule has 4 heteroatoms. The van der Waals surface area contributed by atoms with Crippen LogP contribution in [0.3, 0.4) is 0 Å². The molecule has 3 atom stereocenters. The van der Waals surface area contributed by atoms with Crippen molar-refractivity contribution in [2.24, 2.45) is 5.73 Å². The van der Waals surface area contributed by atoms with Crippen LogP contribution in [-0.2, 0) is 4.74 Å². The largest absolute Gasteiger partial charge is 0.377 e. The molecule has 1 aliphatic rings. The number of hydrogen-bond acceptors (Lipinski definition) is 3. The fourth-order valence-corrected chi connectivity index (χ4v) is 3.13. The van der Waals surface area contributed by atoms with Crippen LogP contribution in [0.5, 0.6) is 0 Å². The Balaban J connectivity index is 2.11. The lowest BCUT2D eigenvalue weighted by Crippen LogP contribution is -2.43. The molecule has 1 aliphatic heterocycles. The monoisotopic (exact) mass is 294 g/mol. The minimum Gasteiger partial charge on any atom is -0.377 e. The van der Waals surface area contributed by atoms with Crippen LogP contribution in [-0.4, -0.2) is 37.2 Å². The molecule has 2 N–H and O–H groups in total. The number of hydrogen-bond donors (Lipinski definition) is 1. The van der Waals surface area contributed by atoms with E-state index in [9.17, 15) is 4.39 Å². The fourth-order valence-electron chi connectivity index (χ4n) is 3.13. The van der Waals surface area contributed by atoms with E-state index in [0.29, 0.717) is 0 Å². The predicted octanol–water partition coefficient (Wildman–Crippen LogP) is 3.11. The summed E-state index contributed by atoms with van der Waals surface area (Å²) >= 11 is 0. The van der Waals surface area contributed by atoms with Gasteiger partial charge in [-0.2, -0.15) is 0 Å². The molecule has 118 valence electrons. The summed E-state index contributed by atoms with van der Waals surface area (Å²) in [6.45, 7) is 3.76. The zero-order valence-electron chi connectivity index (χ0n) is 13.1. The van der Waals surface area contributed by atoms with Gasteiger partial charge in [0.2, 0.25) is 0 Å². The second kappa shape index (κ2) is 7.87. The van der Waals surface area contributed by atoms with E-state index in [0.717, 1.165) is 38.0 Å². The Hall–Kier alpha value is -0.970. The van der Waals surface area contributed by atoms with Gasteiger partial charge in [-0.25, -0.2) is 4.39 Å². The van der Waals surface area contributed by atoms with Gasteiger partial charge in [0, 0.05) is 25.2 Å². The molecule has 0 spiro atoms. The number of likely N-dealkylation sites (N-methyl/N-ethyl adjacent to an activating group) is 1. The highest BCUT2D eigenvalue weighted by Crippen LogP contribution is 2.26. The molecule has 0 saturated carbocycles. The number of nitrogens with two attached hydrogens (primary N) is 1. The summed E-state index contributed by atoms with van der Waals surface area (Å²) in [5.41, 5.74) is 7.25. The molecule has 3 nitrogen and oxygen atoms in total. The molecule has 0 bridgehead atoms. The first kappa shape index (κ1) is 16.4. The van der Waals surface area contributed by atoms with Crippen LogP contribution in [0.15, 0.2) is 24.3 Å². The molecule has 0 amide bonds. The van der Waals surface area contributed by atoms with Crippen molar-refractivity contribution in [2.45, 2.75) is 50.8 Å². The molecule has 0 aliphatic carbocycles. The molecule has 1 aromatic carbocycles. The second-order valence-corrected chi connectivity index (χ2v) is 6.00. The van der Waals surface area contributed by atoms with Crippen LogP contribution in [0.2, 0.25) is 0 Å².